The zero-order chi connectivity index (χ0) is 10.6. The van der Waals surface area contributed by atoms with Crippen molar-refractivity contribution >= 4 is 22.4 Å². The Labute approximate surface area is 85.0 Å². The fourth-order valence-electron chi connectivity index (χ4n) is 0.894. The highest BCUT2D eigenvalue weighted by atomic mass is 32.2. The molecule has 0 aliphatic heterocycles. The number of anilines is 1. The van der Waals surface area contributed by atoms with E-state index in [-0.39, 0.29) is 11.7 Å². The second-order valence-electron chi connectivity index (χ2n) is 2.73. The van der Waals surface area contributed by atoms with Crippen LogP contribution in [0, 0.1) is 0 Å². The second kappa shape index (κ2) is 4.76. The Morgan fingerprint density at radius 3 is 2.50 bits per heavy atom. The van der Waals surface area contributed by atoms with Crippen LogP contribution in [-0.4, -0.2) is 22.9 Å². The van der Waals surface area contributed by atoms with Crippen LogP contribution in [0.15, 0.2) is 29.2 Å². The van der Waals surface area contributed by atoms with Crippen LogP contribution in [0.3, 0.4) is 0 Å². The van der Waals surface area contributed by atoms with Gasteiger partial charge in [0, 0.05) is 17.6 Å². The number of amides is 1. The summed E-state index contributed by atoms with van der Waals surface area (Å²) in [5.41, 5.74) is 6.09. The van der Waals surface area contributed by atoms with Crippen molar-refractivity contribution in [1.82, 2.24) is 5.32 Å². The van der Waals surface area contributed by atoms with E-state index in [1.807, 2.05) is 0 Å². The van der Waals surface area contributed by atoms with E-state index in [2.05, 4.69) is 5.32 Å². The summed E-state index contributed by atoms with van der Waals surface area (Å²) in [6.45, 7) is 0. The first kappa shape index (κ1) is 10.7. The molecule has 1 amide bonds. The standard InChI is InChI=1S/C9H12N2O2S/c1-11-9(12)6-14(13)8-4-2-7(10)3-5-8/h2-5H,6,10H2,1H3,(H,11,12). The molecule has 4 nitrogen and oxygen atoms in total. The molecule has 76 valence electrons. The zero-order valence-electron chi connectivity index (χ0n) is 7.82. The Kier molecular flexibility index (Phi) is 3.64. The number of nitrogen functional groups attached to an aromatic ring is 1. The fourth-order valence-corrected chi connectivity index (χ4v) is 1.88. The predicted octanol–water partition coefficient (Wildman–Crippen LogP) is 0.122. The normalized spacial score (nSPS) is 12.1. The number of hydrogen-bond donors (Lipinski definition) is 2. The van der Waals surface area contributed by atoms with Crippen LogP contribution in [-0.2, 0) is 15.6 Å². The molecule has 0 spiro atoms. The minimum absolute atomic E-state index is 0.0135. The lowest BCUT2D eigenvalue weighted by atomic mass is 10.3. The number of nitrogens with two attached hydrogens (primary N) is 1. The van der Waals surface area contributed by atoms with E-state index in [0.717, 1.165) is 0 Å². The Morgan fingerprint density at radius 1 is 1.43 bits per heavy atom. The van der Waals surface area contributed by atoms with Crippen molar-refractivity contribution in [2.75, 3.05) is 18.5 Å². The SMILES string of the molecule is CNC(=O)CS(=O)c1ccc(N)cc1. The van der Waals surface area contributed by atoms with E-state index in [1.54, 1.807) is 24.3 Å². The van der Waals surface area contributed by atoms with Crippen molar-refractivity contribution in [3.8, 4) is 0 Å². The van der Waals surface area contributed by atoms with Crippen LogP contribution < -0.4 is 11.1 Å². The van der Waals surface area contributed by atoms with Gasteiger partial charge in [-0.1, -0.05) is 0 Å². The average Bonchev–Trinajstić information content (AvgIpc) is 2.18. The number of hydrogen-bond acceptors (Lipinski definition) is 3. The lowest BCUT2D eigenvalue weighted by Gasteiger charge is -2.01. The maximum Gasteiger partial charge on any atom is 0.232 e. The summed E-state index contributed by atoms with van der Waals surface area (Å²) in [5, 5.41) is 2.42. The summed E-state index contributed by atoms with van der Waals surface area (Å²) in [5.74, 6) is -0.249. The average molecular weight is 212 g/mol. The molecule has 1 aromatic carbocycles. The molecule has 0 aliphatic rings. The van der Waals surface area contributed by atoms with Gasteiger partial charge in [0.15, 0.2) is 0 Å². The molecule has 5 heteroatoms. The third-order valence-corrected chi connectivity index (χ3v) is 3.01. The topological polar surface area (TPSA) is 72.2 Å². The molecule has 0 radical (unpaired) electrons. The summed E-state index contributed by atoms with van der Waals surface area (Å²) in [7, 11) is 0.227. The Bertz CT molecular complexity index is 348. The third kappa shape index (κ3) is 2.85. The van der Waals surface area contributed by atoms with Gasteiger partial charge >= 0.3 is 0 Å². The van der Waals surface area contributed by atoms with E-state index in [4.69, 9.17) is 5.73 Å². The van der Waals surface area contributed by atoms with Crippen LogP contribution >= 0.6 is 0 Å². The molecule has 0 saturated carbocycles. The minimum Gasteiger partial charge on any atom is -0.399 e. The molecule has 0 bridgehead atoms. The highest BCUT2D eigenvalue weighted by Gasteiger charge is 2.07. The van der Waals surface area contributed by atoms with Gasteiger partial charge in [0.25, 0.3) is 0 Å². The van der Waals surface area contributed by atoms with Crippen molar-refractivity contribution in [3.05, 3.63) is 24.3 Å². The Balaban J connectivity index is 2.70. The van der Waals surface area contributed by atoms with Gasteiger partial charge in [0.1, 0.15) is 5.75 Å². The van der Waals surface area contributed by atoms with Crippen molar-refractivity contribution in [2.45, 2.75) is 4.90 Å². The third-order valence-electron chi connectivity index (χ3n) is 1.68. The molecule has 1 rings (SSSR count). The van der Waals surface area contributed by atoms with Crippen LogP contribution in [0.25, 0.3) is 0 Å². The maximum atomic E-state index is 11.5. The van der Waals surface area contributed by atoms with Crippen molar-refractivity contribution in [1.29, 1.82) is 0 Å². The molecule has 1 aromatic rings. The predicted molar refractivity (Wildman–Crippen MR) is 56.2 cm³/mol. The number of carbonyl (C=O) groups is 1. The van der Waals surface area contributed by atoms with Gasteiger partial charge in [-0.05, 0) is 24.3 Å². The molecular weight excluding hydrogens is 200 g/mol. The highest BCUT2D eigenvalue weighted by molar-refractivity contribution is 7.85. The molecule has 14 heavy (non-hydrogen) atoms. The van der Waals surface area contributed by atoms with Gasteiger partial charge in [-0.15, -0.1) is 0 Å². The van der Waals surface area contributed by atoms with Gasteiger partial charge < -0.3 is 11.1 Å². The monoisotopic (exact) mass is 212 g/mol. The molecule has 0 heterocycles. The van der Waals surface area contributed by atoms with Crippen molar-refractivity contribution in [3.63, 3.8) is 0 Å². The van der Waals surface area contributed by atoms with Gasteiger partial charge in [0.2, 0.25) is 5.91 Å². The summed E-state index contributed by atoms with van der Waals surface area (Å²) in [6.07, 6.45) is 0. The smallest absolute Gasteiger partial charge is 0.232 e. The number of benzene rings is 1. The van der Waals surface area contributed by atoms with E-state index in [9.17, 15) is 9.00 Å². The van der Waals surface area contributed by atoms with E-state index < -0.39 is 10.8 Å². The van der Waals surface area contributed by atoms with E-state index in [0.29, 0.717) is 10.6 Å². The van der Waals surface area contributed by atoms with Crippen LogP contribution in [0.5, 0.6) is 0 Å². The first-order valence-corrected chi connectivity index (χ1v) is 5.40. The van der Waals surface area contributed by atoms with Gasteiger partial charge in [0.05, 0.1) is 10.8 Å². The summed E-state index contributed by atoms with van der Waals surface area (Å²) >= 11 is 0. The summed E-state index contributed by atoms with van der Waals surface area (Å²) in [6, 6.07) is 6.65. The highest BCUT2D eigenvalue weighted by Crippen LogP contribution is 2.09. The second-order valence-corrected chi connectivity index (χ2v) is 4.18. The van der Waals surface area contributed by atoms with Crippen LogP contribution in [0.4, 0.5) is 5.69 Å². The van der Waals surface area contributed by atoms with E-state index in [1.165, 1.54) is 7.05 Å². The zero-order valence-corrected chi connectivity index (χ0v) is 8.64. The first-order chi connectivity index (χ1) is 6.63. The lowest BCUT2D eigenvalue weighted by molar-refractivity contribution is -0.118. The molecule has 1 unspecified atom stereocenters. The maximum absolute atomic E-state index is 11.5. The molecule has 1 atom stereocenters. The van der Waals surface area contributed by atoms with Gasteiger partial charge in [-0.25, -0.2) is 0 Å². The number of carbonyl (C=O) groups excluding carboxylic acids is 1. The summed E-state index contributed by atoms with van der Waals surface area (Å²) < 4.78 is 11.5. The molecular formula is C9H12N2O2S. The fraction of sp³-hybridized carbons (Fsp3) is 0.222. The van der Waals surface area contributed by atoms with Crippen LogP contribution in [0.1, 0.15) is 0 Å². The van der Waals surface area contributed by atoms with Gasteiger partial charge in [-0.3, -0.25) is 9.00 Å². The quantitative estimate of drug-likeness (QED) is 0.699. The molecule has 0 saturated heterocycles. The summed E-state index contributed by atoms with van der Waals surface area (Å²) in [4.78, 5) is 11.5. The molecule has 0 fully saturated rings. The molecule has 0 aromatic heterocycles. The van der Waals surface area contributed by atoms with Crippen molar-refractivity contribution in [2.24, 2.45) is 0 Å². The van der Waals surface area contributed by atoms with Gasteiger partial charge in [-0.2, -0.15) is 0 Å². The van der Waals surface area contributed by atoms with Crippen LogP contribution in [0.2, 0.25) is 0 Å². The largest absolute Gasteiger partial charge is 0.399 e. The number of nitrogens with one attached hydrogen (secondary N) is 1. The lowest BCUT2D eigenvalue weighted by Crippen LogP contribution is -2.24. The Morgan fingerprint density at radius 2 is 2.00 bits per heavy atom. The van der Waals surface area contributed by atoms with E-state index >= 15 is 0 Å². The molecule has 0 aliphatic carbocycles. The number of rotatable bonds is 3. The first-order valence-electron chi connectivity index (χ1n) is 4.08. The minimum atomic E-state index is -1.29. The van der Waals surface area contributed by atoms with Crippen molar-refractivity contribution < 1.29 is 9.00 Å². The Hall–Kier alpha value is -1.36. The molecule has 3 N–H and O–H groups in total.